The molecule has 1 atom stereocenters. The molecule has 1 N–H and O–H groups in total. The Bertz CT molecular complexity index is 356. The van der Waals surface area contributed by atoms with Crippen molar-refractivity contribution in [1.82, 2.24) is 5.32 Å². The van der Waals surface area contributed by atoms with Crippen LogP contribution < -0.4 is 10.1 Å². The summed E-state index contributed by atoms with van der Waals surface area (Å²) in [6, 6.07) is 7.03. The van der Waals surface area contributed by atoms with Crippen LogP contribution in [0.1, 0.15) is 50.3 Å². The molecule has 0 radical (unpaired) electrons. The van der Waals surface area contributed by atoms with Crippen LogP contribution in [0.2, 0.25) is 0 Å². The average molecular weight is 233 g/mol. The summed E-state index contributed by atoms with van der Waals surface area (Å²) in [6.45, 7) is 6.28. The van der Waals surface area contributed by atoms with E-state index in [1.54, 1.807) is 0 Å². The topological polar surface area (TPSA) is 21.3 Å². The fraction of sp³-hybridized carbons (Fsp3) is 0.600. The van der Waals surface area contributed by atoms with Gasteiger partial charge in [-0.3, -0.25) is 0 Å². The SMILES string of the molecule is CCCC(NCC)c1cccc2c1OCCC2. The Morgan fingerprint density at radius 3 is 3.00 bits per heavy atom. The number of para-hydroxylation sites is 1. The van der Waals surface area contributed by atoms with Gasteiger partial charge in [0.05, 0.1) is 6.61 Å². The number of hydrogen-bond donors (Lipinski definition) is 1. The Morgan fingerprint density at radius 2 is 2.24 bits per heavy atom. The molecule has 0 aromatic heterocycles. The molecule has 0 saturated carbocycles. The van der Waals surface area contributed by atoms with Crippen molar-refractivity contribution in [2.75, 3.05) is 13.2 Å². The van der Waals surface area contributed by atoms with Crippen LogP contribution in [-0.4, -0.2) is 13.2 Å². The number of fused-ring (bicyclic) bond motifs is 1. The molecule has 0 fully saturated rings. The van der Waals surface area contributed by atoms with E-state index in [1.807, 2.05) is 0 Å². The van der Waals surface area contributed by atoms with E-state index >= 15 is 0 Å². The van der Waals surface area contributed by atoms with Crippen LogP contribution in [-0.2, 0) is 6.42 Å². The molecule has 1 aromatic rings. The molecule has 0 aliphatic carbocycles. The Labute approximate surface area is 104 Å². The van der Waals surface area contributed by atoms with Crippen molar-refractivity contribution in [3.63, 3.8) is 0 Å². The quantitative estimate of drug-likeness (QED) is 0.841. The molecule has 1 aliphatic heterocycles. The van der Waals surface area contributed by atoms with Crippen LogP contribution >= 0.6 is 0 Å². The summed E-state index contributed by atoms with van der Waals surface area (Å²) < 4.78 is 5.89. The molecule has 17 heavy (non-hydrogen) atoms. The van der Waals surface area contributed by atoms with Crippen molar-refractivity contribution < 1.29 is 4.74 Å². The van der Waals surface area contributed by atoms with Gasteiger partial charge < -0.3 is 10.1 Å². The van der Waals surface area contributed by atoms with Crippen LogP contribution in [0.15, 0.2) is 18.2 Å². The summed E-state index contributed by atoms with van der Waals surface area (Å²) >= 11 is 0. The molecule has 0 amide bonds. The van der Waals surface area contributed by atoms with Gasteiger partial charge in [-0.25, -0.2) is 0 Å². The minimum absolute atomic E-state index is 0.443. The van der Waals surface area contributed by atoms with E-state index in [4.69, 9.17) is 4.74 Å². The van der Waals surface area contributed by atoms with Gasteiger partial charge in [-0.15, -0.1) is 0 Å². The summed E-state index contributed by atoms with van der Waals surface area (Å²) in [5.74, 6) is 1.15. The van der Waals surface area contributed by atoms with Gasteiger partial charge in [0.15, 0.2) is 0 Å². The van der Waals surface area contributed by atoms with E-state index in [0.29, 0.717) is 6.04 Å². The molecular formula is C15H23NO. The van der Waals surface area contributed by atoms with Crippen LogP contribution in [0.25, 0.3) is 0 Å². The highest BCUT2D eigenvalue weighted by Gasteiger charge is 2.19. The summed E-state index contributed by atoms with van der Waals surface area (Å²) in [5, 5.41) is 3.57. The van der Waals surface area contributed by atoms with Crippen LogP contribution in [0.3, 0.4) is 0 Å². The molecule has 0 spiro atoms. The third-order valence-corrected chi connectivity index (χ3v) is 3.37. The molecule has 2 nitrogen and oxygen atoms in total. The number of benzene rings is 1. The lowest BCUT2D eigenvalue weighted by Crippen LogP contribution is -2.22. The standard InChI is InChI=1S/C15H23NO/c1-3-7-14(16-4-2)13-10-5-8-12-9-6-11-17-15(12)13/h5,8,10,14,16H,3-4,6-7,9,11H2,1-2H3. The van der Waals surface area contributed by atoms with Crippen molar-refractivity contribution in [2.24, 2.45) is 0 Å². The molecule has 1 aromatic carbocycles. The minimum Gasteiger partial charge on any atom is -0.493 e. The Balaban J connectivity index is 2.28. The molecule has 1 heterocycles. The van der Waals surface area contributed by atoms with Gasteiger partial charge in [0.2, 0.25) is 0 Å². The van der Waals surface area contributed by atoms with Gasteiger partial charge in [-0.1, -0.05) is 38.5 Å². The third-order valence-electron chi connectivity index (χ3n) is 3.37. The summed E-state index contributed by atoms with van der Waals surface area (Å²) in [5.41, 5.74) is 2.73. The van der Waals surface area contributed by atoms with Gasteiger partial charge in [0.1, 0.15) is 5.75 Å². The van der Waals surface area contributed by atoms with E-state index in [-0.39, 0.29) is 0 Å². The number of ether oxygens (including phenoxy) is 1. The van der Waals surface area contributed by atoms with Crippen molar-refractivity contribution in [3.05, 3.63) is 29.3 Å². The van der Waals surface area contributed by atoms with Crippen LogP contribution in [0, 0.1) is 0 Å². The second kappa shape index (κ2) is 6.06. The first-order valence-electron chi connectivity index (χ1n) is 6.84. The highest BCUT2D eigenvalue weighted by molar-refractivity contribution is 5.44. The minimum atomic E-state index is 0.443. The first-order chi connectivity index (χ1) is 8.36. The van der Waals surface area contributed by atoms with Crippen LogP contribution in [0.4, 0.5) is 0 Å². The molecule has 1 aliphatic rings. The maximum Gasteiger partial charge on any atom is 0.127 e. The van der Waals surface area contributed by atoms with Crippen LogP contribution in [0.5, 0.6) is 5.75 Å². The Hall–Kier alpha value is -1.02. The Kier molecular flexibility index (Phi) is 4.43. The lowest BCUT2D eigenvalue weighted by molar-refractivity contribution is 0.281. The molecule has 0 bridgehead atoms. The highest BCUT2D eigenvalue weighted by Crippen LogP contribution is 2.34. The van der Waals surface area contributed by atoms with E-state index in [9.17, 15) is 0 Å². The molecule has 2 rings (SSSR count). The highest BCUT2D eigenvalue weighted by atomic mass is 16.5. The van der Waals surface area contributed by atoms with E-state index in [0.717, 1.165) is 31.7 Å². The van der Waals surface area contributed by atoms with Gasteiger partial charge in [-0.05, 0) is 31.4 Å². The number of hydrogen-bond acceptors (Lipinski definition) is 2. The van der Waals surface area contributed by atoms with Gasteiger partial charge in [0.25, 0.3) is 0 Å². The molecular weight excluding hydrogens is 210 g/mol. The first-order valence-corrected chi connectivity index (χ1v) is 6.84. The predicted octanol–water partition coefficient (Wildman–Crippen LogP) is 3.46. The van der Waals surface area contributed by atoms with Crippen molar-refractivity contribution in [3.8, 4) is 5.75 Å². The molecule has 2 heteroatoms. The van der Waals surface area contributed by atoms with Crippen molar-refractivity contribution >= 4 is 0 Å². The maximum atomic E-state index is 5.89. The van der Waals surface area contributed by atoms with Crippen molar-refractivity contribution in [1.29, 1.82) is 0 Å². The molecule has 0 saturated heterocycles. The zero-order chi connectivity index (χ0) is 12.1. The number of nitrogens with one attached hydrogen (secondary N) is 1. The molecule has 1 unspecified atom stereocenters. The van der Waals surface area contributed by atoms with E-state index in [2.05, 4.69) is 37.4 Å². The fourth-order valence-electron chi connectivity index (χ4n) is 2.59. The number of aryl methyl sites for hydroxylation is 1. The second-order valence-corrected chi connectivity index (χ2v) is 4.69. The Morgan fingerprint density at radius 1 is 1.35 bits per heavy atom. The third kappa shape index (κ3) is 2.81. The lowest BCUT2D eigenvalue weighted by Gasteiger charge is -2.25. The predicted molar refractivity (Wildman–Crippen MR) is 71.6 cm³/mol. The first kappa shape index (κ1) is 12.4. The largest absolute Gasteiger partial charge is 0.493 e. The van der Waals surface area contributed by atoms with E-state index in [1.165, 1.54) is 24.0 Å². The van der Waals surface area contributed by atoms with Crippen molar-refractivity contribution in [2.45, 2.75) is 45.6 Å². The van der Waals surface area contributed by atoms with Gasteiger partial charge >= 0.3 is 0 Å². The van der Waals surface area contributed by atoms with Gasteiger partial charge in [0, 0.05) is 11.6 Å². The summed E-state index contributed by atoms with van der Waals surface area (Å²) in [7, 11) is 0. The zero-order valence-corrected chi connectivity index (χ0v) is 11.0. The fourth-order valence-corrected chi connectivity index (χ4v) is 2.59. The maximum absolute atomic E-state index is 5.89. The lowest BCUT2D eigenvalue weighted by atomic mass is 9.95. The zero-order valence-electron chi connectivity index (χ0n) is 11.0. The normalized spacial score (nSPS) is 16.1. The summed E-state index contributed by atoms with van der Waals surface area (Å²) in [4.78, 5) is 0. The molecule has 94 valence electrons. The van der Waals surface area contributed by atoms with E-state index < -0.39 is 0 Å². The average Bonchev–Trinajstić information content (AvgIpc) is 2.38. The monoisotopic (exact) mass is 233 g/mol. The number of rotatable bonds is 5. The summed E-state index contributed by atoms with van der Waals surface area (Å²) in [6.07, 6.45) is 4.68. The smallest absolute Gasteiger partial charge is 0.127 e. The second-order valence-electron chi connectivity index (χ2n) is 4.69. The van der Waals surface area contributed by atoms with Gasteiger partial charge in [-0.2, -0.15) is 0 Å².